The van der Waals surface area contributed by atoms with Crippen LogP contribution in [0.2, 0.25) is 0 Å². The van der Waals surface area contributed by atoms with Crippen LogP contribution >= 0.6 is 0 Å². The molecule has 0 amide bonds. The van der Waals surface area contributed by atoms with Crippen molar-refractivity contribution in [2.24, 2.45) is 0 Å². The highest BCUT2D eigenvalue weighted by atomic mass is 16.5. The zero-order valence-electron chi connectivity index (χ0n) is 17.0. The van der Waals surface area contributed by atoms with Crippen molar-refractivity contribution in [3.8, 4) is 11.5 Å². The molecule has 0 radical (unpaired) electrons. The SMILES string of the molecule is CC1(C)CCC(C)(C)c2cc(Oc3ccc4ccccc4c3)ccc21.CO. The summed E-state index contributed by atoms with van der Waals surface area (Å²) in [7, 11) is 1.00. The summed E-state index contributed by atoms with van der Waals surface area (Å²) in [4.78, 5) is 0. The number of benzene rings is 3. The minimum atomic E-state index is 0.202. The van der Waals surface area contributed by atoms with Crippen molar-refractivity contribution in [3.63, 3.8) is 0 Å². The van der Waals surface area contributed by atoms with Crippen molar-refractivity contribution in [2.45, 2.75) is 51.4 Å². The zero-order chi connectivity index (χ0) is 19.7. The highest BCUT2D eigenvalue weighted by Gasteiger charge is 2.37. The van der Waals surface area contributed by atoms with Gasteiger partial charge in [-0.15, -0.1) is 0 Å². The molecule has 3 aromatic rings. The fourth-order valence-electron chi connectivity index (χ4n) is 4.00. The number of hydrogen-bond acceptors (Lipinski definition) is 2. The summed E-state index contributed by atoms with van der Waals surface area (Å²) >= 11 is 0. The Balaban J connectivity index is 0.00000102. The van der Waals surface area contributed by atoms with Gasteiger partial charge in [0.1, 0.15) is 11.5 Å². The topological polar surface area (TPSA) is 29.5 Å². The molecular weight excluding hydrogens is 332 g/mol. The Bertz CT molecular complexity index is 938. The normalized spacial score (nSPS) is 16.8. The molecule has 0 aliphatic heterocycles. The van der Waals surface area contributed by atoms with Crippen molar-refractivity contribution in [1.29, 1.82) is 0 Å². The largest absolute Gasteiger partial charge is 0.457 e. The van der Waals surface area contributed by atoms with Gasteiger partial charge in [-0.05, 0) is 69.8 Å². The maximum Gasteiger partial charge on any atom is 0.128 e. The maximum absolute atomic E-state index is 7.00. The lowest BCUT2D eigenvalue weighted by Gasteiger charge is -2.41. The summed E-state index contributed by atoms with van der Waals surface area (Å²) in [6.07, 6.45) is 2.45. The van der Waals surface area contributed by atoms with Crippen LogP contribution in [0.25, 0.3) is 10.8 Å². The number of hydrogen-bond donors (Lipinski definition) is 1. The van der Waals surface area contributed by atoms with Gasteiger partial charge in [0.05, 0.1) is 0 Å². The van der Waals surface area contributed by atoms with E-state index in [0.717, 1.165) is 18.6 Å². The van der Waals surface area contributed by atoms with Gasteiger partial charge >= 0.3 is 0 Å². The van der Waals surface area contributed by atoms with Gasteiger partial charge in [0.15, 0.2) is 0 Å². The summed E-state index contributed by atoms with van der Waals surface area (Å²) in [5, 5.41) is 9.45. The van der Waals surface area contributed by atoms with Crippen LogP contribution in [-0.4, -0.2) is 12.2 Å². The third-order valence-corrected chi connectivity index (χ3v) is 5.78. The van der Waals surface area contributed by atoms with Crippen molar-refractivity contribution >= 4 is 10.8 Å². The van der Waals surface area contributed by atoms with Crippen molar-refractivity contribution < 1.29 is 9.84 Å². The van der Waals surface area contributed by atoms with Gasteiger partial charge in [-0.3, -0.25) is 0 Å². The molecule has 27 heavy (non-hydrogen) atoms. The van der Waals surface area contributed by atoms with Crippen LogP contribution in [0.5, 0.6) is 11.5 Å². The van der Waals surface area contributed by atoms with Crippen LogP contribution in [-0.2, 0) is 10.8 Å². The molecule has 0 heterocycles. The van der Waals surface area contributed by atoms with E-state index in [1.807, 2.05) is 0 Å². The molecule has 0 saturated heterocycles. The quantitative estimate of drug-likeness (QED) is 0.557. The Hall–Kier alpha value is -2.32. The number of fused-ring (bicyclic) bond motifs is 2. The molecule has 0 spiro atoms. The molecule has 2 nitrogen and oxygen atoms in total. The molecule has 0 fully saturated rings. The first-order valence-corrected chi connectivity index (χ1v) is 9.62. The third kappa shape index (κ3) is 3.86. The van der Waals surface area contributed by atoms with E-state index in [1.54, 1.807) is 0 Å². The molecule has 0 bridgehead atoms. The van der Waals surface area contributed by atoms with E-state index in [-0.39, 0.29) is 10.8 Å². The second-order valence-corrected chi connectivity index (χ2v) is 8.59. The molecule has 2 heteroatoms. The lowest BCUT2D eigenvalue weighted by atomic mass is 9.63. The van der Waals surface area contributed by atoms with Gasteiger partial charge in [-0.25, -0.2) is 0 Å². The molecule has 3 aromatic carbocycles. The van der Waals surface area contributed by atoms with Gasteiger partial charge in [0.2, 0.25) is 0 Å². The molecule has 1 aliphatic rings. The summed E-state index contributed by atoms with van der Waals surface area (Å²) in [6.45, 7) is 9.40. The Morgan fingerprint density at radius 1 is 0.667 bits per heavy atom. The predicted molar refractivity (Wildman–Crippen MR) is 114 cm³/mol. The van der Waals surface area contributed by atoms with E-state index in [4.69, 9.17) is 9.84 Å². The number of ether oxygens (including phenoxy) is 1. The molecule has 142 valence electrons. The lowest BCUT2D eigenvalue weighted by molar-refractivity contribution is 0.330. The second kappa shape index (κ2) is 7.36. The Morgan fingerprint density at radius 2 is 1.22 bits per heavy atom. The first kappa shape index (κ1) is 19.4. The van der Waals surface area contributed by atoms with Gasteiger partial charge in [0.25, 0.3) is 0 Å². The summed E-state index contributed by atoms with van der Waals surface area (Å²) in [6, 6.07) is 21.3. The van der Waals surface area contributed by atoms with Crippen molar-refractivity contribution in [2.75, 3.05) is 7.11 Å². The molecule has 1 aliphatic carbocycles. The van der Waals surface area contributed by atoms with E-state index in [9.17, 15) is 0 Å². The van der Waals surface area contributed by atoms with E-state index in [0.29, 0.717) is 0 Å². The van der Waals surface area contributed by atoms with Crippen LogP contribution in [0, 0.1) is 0 Å². The zero-order valence-corrected chi connectivity index (χ0v) is 17.0. The van der Waals surface area contributed by atoms with Gasteiger partial charge in [-0.1, -0.05) is 64.1 Å². The van der Waals surface area contributed by atoms with Crippen LogP contribution in [0.3, 0.4) is 0 Å². The third-order valence-electron chi connectivity index (χ3n) is 5.78. The average molecular weight is 363 g/mol. The standard InChI is InChI=1S/C24H26O.CH4O/c1-23(2)13-14-24(3,4)22-16-20(11-12-21(22)23)25-19-10-9-17-7-5-6-8-18(17)15-19;1-2/h5-12,15-16H,13-14H2,1-4H3;2H,1H3. The summed E-state index contributed by atoms with van der Waals surface area (Å²) in [5.41, 5.74) is 3.34. The number of rotatable bonds is 2. The van der Waals surface area contributed by atoms with Crippen LogP contribution in [0.15, 0.2) is 60.7 Å². The molecule has 0 unspecified atom stereocenters. The Kier molecular flexibility index (Phi) is 5.30. The monoisotopic (exact) mass is 362 g/mol. The maximum atomic E-state index is 7.00. The first-order valence-electron chi connectivity index (χ1n) is 9.62. The number of aliphatic hydroxyl groups is 1. The van der Waals surface area contributed by atoms with E-state index < -0.39 is 0 Å². The average Bonchev–Trinajstić information content (AvgIpc) is 2.67. The van der Waals surface area contributed by atoms with Gasteiger partial charge in [0, 0.05) is 7.11 Å². The number of aliphatic hydroxyl groups excluding tert-OH is 1. The van der Waals surface area contributed by atoms with Crippen LogP contribution in [0.4, 0.5) is 0 Å². The van der Waals surface area contributed by atoms with Crippen molar-refractivity contribution in [3.05, 3.63) is 71.8 Å². The fourth-order valence-corrected chi connectivity index (χ4v) is 4.00. The molecule has 0 saturated carbocycles. The van der Waals surface area contributed by atoms with Crippen molar-refractivity contribution in [1.82, 2.24) is 0 Å². The van der Waals surface area contributed by atoms with Crippen LogP contribution in [0.1, 0.15) is 51.7 Å². The summed E-state index contributed by atoms with van der Waals surface area (Å²) in [5.74, 6) is 1.83. The highest BCUT2D eigenvalue weighted by molar-refractivity contribution is 5.83. The van der Waals surface area contributed by atoms with Crippen LogP contribution < -0.4 is 4.74 Å². The van der Waals surface area contributed by atoms with Gasteiger partial charge < -0.3 is 9.84 Å². The molecule has 0 atom stereocenters. The Labute approximate surface area is 162 Å². The lowest BCUT2D eigenvalue weighted by Crippen LogP contribution is -2.33. The molecule has 0 aromatic heterocycles. The molecule has 1 N–H and O–H groups in total. The molecule has 4 rings (SSSR count). The Morgan fingerprint density at radius 3 is 1.93 bits per heavy atom. The fraction of sp³-hybridized carbons (Fsp3) is 0.360. The van der Waals surface area contributed by atoms with E-state index >= 15 is 0 Å². The predicted octanol–water partition coefficient (Wildman–Crippen LogP) is 6.59. The summed E-state index contributed by atoms with van der Waals surface area (Å²) < 4.78 is 6.21. The highest BCUT2D eigenvalue weighted by Crippen LogP contribution is 2.47. The van der Waals surface area contributed by atoms with Gasteiger partial charge in [-0.2, -0.15) is 0 Å². The first-order chi connectivity index (χ1) is 12.9. The minimum absolute atomic E-state index is 0.202. The van der Waals surface area contributed by atoms with E-state index in [2.05, 4.69) is 88.4 Å². The van der Waals surface area contributed by atoms with E-state index in [1.165, 1.54) is 34.7 Å². The molecular formula is C25H30O2. The minimum Gasteiger partial charge on any atom is -0.457 e. The smallest absolute Gasteiger partial charge is 0.128 e. The second-order valence-electron chi connectivity index (χ2n) is 8.59.